The van der Waals surface area contributed by atoms with Gasteiger partial charge < -0.3 is 5.11 Å². The second kappa shape index (κ2) is 13.4. The van der Waals surface area contributed by atoms with E-state index < -0.39 is 0 Å². The lowest BCUT2D eigenvalue weighted by atomic mass is 10.2. The van der Waals surface area contributed by atoms with Crippen molar-refractivity contribution in [2.45, 2.75) is 58.3 Å². The van der Waals surface area contributed by atoms with E-state index in [0.29, 0.717) is 6.61 Å². The average Bonchev–Trinajstić information content (AvgIpc) is 2.26. The van der Waals surface area contributed by atoms with E-state index in [-0.39, 0.29) is 0 Å². The van der Waals surface area contributed by atoms with Crippen LogP contribution in [-0.2, 0) is 0 Å². The van der Waals surface area contributed by atoms with Gasteiger partial charge in [0.05, 0.1) is 0 Å². The molecule has 0 aliphatic heterocycles. The summed E-state index contributed by atoms with van der Waals surface area (Å²) < 4.78 is 0. The van der Waals surface area contributed by atoms with Crippen LogP contribution in [0.4, 0.5) is 0 Å². The number of rotatable bonds is 10. The van der Waals surface area contributed by atoms with E-state index in [1.54, 1.807) is 0 Å². The van der Waals surface area contributed by atoms with Gasteiger partial charge in [-0.2, -0.15) is 0 Å². The van der Waals surface area contributed by atoms with Crippen LogP contribution in [0.5, 0.6) is 0 Å². The van der Waals surface area contributed by atoms with Crippen LogP contribution in [0, 0.1) is 0 Å². The Morgan fingerprint density at radius 1 is 0.733 bits per heavy atom. The third-order valence-corrected chi connectivity index (χ3v) is 2.33. The zero-order chi connectivity index (χ0) is 11.2. The quantitative estimate of drug-likeness (QED) is 0.422. The molecule has 0 aromatic heterocycles. The Balaban J connectivity index is 3.10. The molecular formula is C14H26O. The van der Waals surface area contributed by atoms with E-state index >= 15 is 0 Å². The maximum absolute atomic E-state index is 8.57. The fourth-order valence-electron chi connectivity index (χ4n) is 1.36. The Morgan fingerprint density at radius 3 is 1.67 bits per heavy atom. The first-order chi connectivity index (χ1) is 7.41. The summed E-state index contributed by atoms with van der Waals surface area (Å²) in [5, 5.41) is 8.57. The Hall–Kier alpha value is -0.560. The summed E-state index contributed by atoms with van der Waals surface area (Å²) in [4.78, 5) is 0. The minimum Gasteiger partial charge on any atom is -0.396 e. The molecule has 0 aliphatic carbocycles. The van der Waals surface area contributed by atoms with Crippen molar-refractivity contribution in [3.8, 4) is 0 Å². The van der Waals surface area contributed by atoms with Gasteiger partial charge in [-0.1, -0.05) is 44.1 Å². The van der Waals surface area contributed by atoms with E-state index in [0.717, 1.165) is 12.8 Å². The molecular weight excluding hydrogens is 184 g/mol. The van der Waals surface area contributed by atoms with Gasteiger partial charge in [0.15, 0.2) is 0 Å². The van der Waals surface area contributed by atoms with Crippen LogP contribution in [0.2, 0.25) is 0 Å². The summed E-state index contributed by atoms with van der Waals surface area (Å²) in [5.41, 5.74) is 0. The predicted octanol–water partition coefficient (Wildman–Crippen LogP) is 4.23. The summed E-state index contributed by atoms with van der Waals surface area (Å²) >= 11 is 0. The molecule has 15 heavy (non-hydrogen) atoms. The Morgan fingerprint density at radius 2 is 1.20 bits per heavy atom. The largest absolute Gasteiger partial charge is 0.396 e. The molecule has 0 saturated heterocycles. The zero-order valence-corrected chi connectivity index (χ0v) is 10.1. The van der Waals surface area contributed by atoms with Gasteiger partial charge in [0.2, 0.25) is 0 Å². The highest BCUT2D eigenvalue weighted by Gasteiger charge is 1.82. The first-order valence-electron chi connectivity index (χ1n) is 6.32. The highest BCUT2D eigenvalue weighted by atomic mass is 16.2. The number of hydrogen-bond donors (Lipinski definition) is 1. The highest BCUT2D eigenvalue weighted by Crippen LogP contribution is 2.02. The molecule has 0 aliphatic rings. The molecule has 0 unspecified atom stereocenters. The van der Waals surface area contributed by atoms with Gasteiger partial charge in [-0.25, -0.2) is 0 Å². The molecule has 88 valence electrons. The van der Waals surface area contributed by atoms with E-state index in [1.165, 1.54) is 38.5 Å². The van der Waals surface area contributed by atoms with Crippen molar-refractivity contribution in [3.63, 3.8) is 0 Å². The molecule has 0 rings (SSSR count). The average molecular weight is 210 g/mol. The SMILES string of the molecule is CCCC/C=C\CCC/C=C\CCCO. The summed E-state index contributed by atoms with van der Waals surface area (Å²) in [7, 11) is 0. The third kappa shape index (κ3) is 13.4. The maximum Gasteiger partial charge on any atom is 0.0433 e. The lowest BCUT2D eigenvalue weighted by Gasteiger charge is -1.92. The molecule has 1 heteroatoms. The lowest BCUT2D eigenvalue weighted by Crippen LogP contribution is -1.78. The van der Waals surface area contributed by atoms with Crippen LogP contribution in [0.3, 0.4) is 0 Å². The van der Waals surface area contributed by atoms with E-state index in [2.05, 4.69) is 31.2 Å². The van der Waals surface area contributed by atoms with Gasteiger partial charge in [0, 0.05) is 6.61 Å². The first-order valence-corrected chi connectivity index (χ1v) is 6.32. The summed E-state index contributed by atoms with van der Waals surface area (Å²) in [6, 6.07) is 0. The second-order valence-corrected chi connectivity index (χ2v) is 3.88. The van der Waals surface area contributed by atoms with Crippen LogP contribution >= 0.6 is 0 Å². The third-order valence-electron chi connectivity index (χ3n) is 2.33. The van der Waals surface area contributed by atoms with Crippen molar-refractivity contribution >= 4 is 0 Å². The normalized spacial score (nSPS) is 11.9. The van der Waals surface area contributed by atoms with Crippen LogP contribution in [-0.4, -0.2) is 11.7 Å². The second-order valence-electron chi connectivity index (χ2n) is 3.88. The molecule has 0 amide bonds. The van der Waals surface area contributed by atoms with Crippen molar-refractivity contribution in [2.75, 3.05) is 6.61 Å². The minimum atomic E-state index is 0.310. The van der Waals surface area contributed by atoms with Gasteiger partial charge in [0.1, 0.15) is 0 Å². The van der Waals surface area contributed by atoms with Crippen LogP contribution in [0.15, 0.2) is 24.3 Å². The van der Waals surface area contributed by atoms with E-state index in [9.17, 15) is 0 Å². The van der Waals surface area contributed by atoms with Crippen molar-refractivity contribution in [1.82, 2.24) is 0 Å². The lowest BCUT2D eigenvalue weighted by molar-refractivity contribution is 0.289. The monoisotopic (exact) mass is 210 g/mol. The zero-order valence-electron chi connectivity index (χ0n) is 10.1. The number of hydrogen-bond acceptors (Lipinski definition) is 1. The van der Waals surface area contributed by atoms with Crippen LogP contribution in [0.25, 0.3) is 0 Å². The molecule has 0 heterocycles. The number of allylic oxidation sites excluding steroid dienone is 4. The van der Waals surface area contributed by atoms with Crippen molar-refractivity contribution in [2.24, 2.45) is 0 Å². The maximum atomic E-state index is 8.57. The molecule has 1 N–H and O–H groups in total. The molecule has 0 radical (unpaired) electrons. The summed E-state index contributed by atoms with van der Waals surface area (Å²) in [6.07, 6.45) is 18.4. The number of aliphatic hydroxyl groups excluding tert-OH is 1. The number of aliphatic hydroxyl groups is 1. The van der Waals surface area contributed by atoms with Crippen molar-refractivity contribution in [1.29, 1.82) is 0 Å². The summed E-state index contributed by atoms with van der Waals surface area (Å²) in [6.45, 7) is 2.54. The Labute approximate surface area is 94.9 Å². The fourth-order valence-corrected chi connectivity index (χ4v) is 1.36. The first kappa shape index (κ1) is 14.4. The molecule has 0 bridgehead atoms. The van der Waals surface area contributed by atoms with Gasteiger partial charge >= 0.3 is 0 Å². The Kier molecular flexibility index (Phi) is 12.9. The van der Waals surface area contributed by atoms with Crippen LogP contribution < -0.4 is 0 Å². The predicted molar refractivity (Wildman–Crippen MR) is 68.0 cm³/mol. The van der Waals surface area contributed by atoms with Gasteiger partial charge in [-0.05, 0) is 38.5 Å². The number of unbranched alkanes of at least 4 members (excludes halogenated alkanes) is 5. The molecule has 0 saturated carbocycles. The van der Waals surface area contributed by atoms with E-state index in [1.807, 2.05) is 0 Å². The van der Waals surface area contributed by atoms with Crippen molar-refractivity contribution < 1.29 is 5.11 Å². The fraction of sp³-hybridized carbons (Fsp3) is 0.714. The molecule has 0 aromatic carbocycles. The van der Waals surface area contributed by atoms with Gasteiger partial charge in [0.25, 0.3) is 0 Å². The van der Waals surface area contributed by atoms with E-state index in [4.69, 9.17) is 5.11 Å². The minimum absolute atomic E-state index is 0.310. The van der Waals surface area contributed by atoms with Crippen LogP contribution in [0.1, 0.15) is 58.3 Å². The van der Waals surface area contributed by atoms with Crippen molar-refractivity contribution in [3.05, 3.63) is 24.3 Å². The topological polar surface area (TPSA) is 20.2 Å². The smallest absolute Gasteiger partial charge is 0.0433 e. The molecule has 0 spiro atoms. The molecule has 1 nitrogen and oxygen atoms in total. The summed E-state index contributed by atoms with van der Waals surface area (Å²) in [5.74, 6) is 0. The highest BCUT2D eigenvalue weighted by molar-refractivity contribution is 4.85. The standard InChI is InChI=1S/C14H26O/c1-2-3-4-5-6-7-8-9-10-11-12-13-14-15/h5-6,10-11,15H,2-4,7-9,12-14H2,1H3/b6-5-,11-10-. The molecule has 0 atom stereocenters. The molecule has 0 fully saturated rings. The van der Waals surface area contributed by atoms with Gasteiger partial charge in [-0.3, -0.25) is 0 Å². The molecule has 0 aromatic rings. The van der Waals surface area contributed by atoms with Gasteiger partial charge in [-0.15, -0.1) is 0 Å². The Bertz CT molecular complexity index is 141.